The number of allylic oxidation sites excluding steroid dienone is 1. The SMILES string of the molecule is Cc1ccc2c(c1)[NH+]=C1C3=C(C(=O)c4ccccc4C3=O)C(NCCCN3CCNCC3)=CC1O2. The van der Waals surface area contributed by atoms with Crippen molar-refractivity contribution in [2.75, 3.05) is 39.3 Å². The minimum Gasteiger partial charge on any atom is -0.468 e. The number of rotatable bonds is 5. The average Bonchev–Trinajstić information content (AvgIpc) is 2.88. The van der Waals surface area contributed by atoms with Crippen molar-refractivity contribution >= 4 is 23.0 Å². The molecule has 1 fully saturated rings. The Morgan fingerprint density at radius 2 is 1.80 bits per heavy atom. The van der Waals surface area contributed by atoms with Crippen LogP contribution in [0.5, 0.6) is 5.75 Å². The summed E-state index contributed by atoms with van der Waals surface area (Å²) in [6.45, 7) is 7.88. The van der Waals surface area contributed by atoms with Crippen LogP contribution in [0.3, 0.4) is 0 Å². The summed E-state index contributed by atoms with van der Waals surface area (Å²) in [6.07, 6.45) is 2.41. The molecule has 4 aliphatic rings. The van der Waals surface area contributed by atoms with E-state index >= 15 is 0 Å². The number of nitrogens with zero attached hydrogens (tertiary/aromatic N) is 1. The maximum Gasteiger partial charge on any atom is 0.246 e. The van der Waals surface area contributed by atoms with Crippen LogP contribution >= 0.6 is 0 Å². The molecular formula is C28H29N4O3+. The Morgan fingerprint density at radius 3 is 2.57 bits per heavy atom. The number of hydrogen-bond acceptors (Lipinski definition) is 6. The van der Waals surface area contributed by atoms with E-state index in [2.05, 4.69) is 20.5 Å². The van der Waals surface area contributed by atoms with Crippen LogP contribution in [0.2, 0.25) is 0 Å². The lowest BCUT2D eigenvalue weighted by Gasteiger charge is -2.31. The van der Waals surface area contributed by atoms with Crippen LogP contribution in [0, 0.1) is 6.92 Å². The summed E-state index contributed by atoms with van der Waals surface area (Å²) in [7, 11) is 0. The number of aryl methyl sites for hydroxylation is 1. The first-order valence-corrected chi connectivity index (χ1v) is 12.3. The van der Waals surface area contributed by atoms with Crippen LogP contribution < -0.4 is 20.4 Å². The molecule has 7 heteroatoms. The topological polar surface area (TPSA) is 84.6 Å². The van der Waals surface area contributed by atoms with Crippen LogP contribution in [-0.4, -0.2) is 67.6 Å². The lowest BCUT2D eigenvalue weighted by molar-refractivity contribution is -0.363. The molecule has 7 nitrogen and oxygen atoms in total. The number of carbonyl (C=O) groups is 2. The minimum absolute atomic E-state index is 0.126. The van der Waals surface area contributed by atoms with Crippen LogP contribution in [-0.2, 0) is 0 Å². The summed E-state index contributed by atoms with van der Waals surface area (Å²) < 4.78 is 6.31. The number of ether oxygens (including phenoxy) is 1. The number of ketones is 2. The Morgan fingerprint density at radius 1 is 1.06 bits per heavy atom. The summed E-state index contributed by atoms with van der Waals surface area (Å²) in [5.74, 6) is 0.465. The second-order valence-corrected chi connectivity index (χ2v) is 9.48. The number of benzene rings is 2. The van der Waals surface area contributed by atoms with Gasteiger partial charge in [-0.1, -0.05) is 30.3 Å². The Bertz CT molecular complexity index is 1320. The van der Waals surface area contributed by atoms with Gasteiger partial charge in [-0.15, -0.1) is 0 Å². The monoisotopic (exact) mass is 469 g/mol. The van der Waals surface area contributed by atoms with Gasteiger partial charge in [-0.3, -0.25) is 9.59 Å². The second-order valence-electron chi connectivity index (χ2n) is 9.48. The fourth-order valence-electron chi connectivity index (χ4n) is 5.31. The number of hydrogen-bond donors (Lipinski definition) is 3. The van der Waals surface area contributed by atoms with Gasteiger partial charge in [0.15, 0.2) is 11.5 Å². The van der Waals surface area contributed by atoms with E-state index in [4.69, 9.17) is 4.74 Å². The molecule has 0 radical (unpaired) electrons. The third-order valence-corrected chi connectivity index (χ3v) is 7.10. The molecule has 2 heterocycles. The molecule has 6 rings (SSSR count). The van der Waals surface area contributed by atoms with Gasteiger partial charge in [-0.2, -0.15) is 0 Å². The van der Waals surface area contributed by atoms with Crippen LogP contribution in [0.25, 0.3) is 0 Å². The zero-order chi connectivity index (χ0) is 23.9. The number of Topliss-reactive ketones (excluding diaryl/α,β-unsaturated/α-hetero) is 2. The Balaban J connectivity index is 1.35. The van der Waals surface area contributed by atoms with E-state index < -0.39 is 6.10 Å². The van der Waals surface area contributed by atoms with Gasteiger partial charge >= 0.3 is 0 Å². The third-order valence-electron chi connectivity index (χ3n) is 7.10. The molecule has 178 valence electrons. The van der Waals surface area contributed by atoms with Gasteiger partial charge < -0.3 is 20.3 Å². The highest BCUT2D eigenvalue weighted by Gasteiger charge is 2.46. The van der Waals surface area contributed by atoms with Crippen molar-refractivity contribution < 1.29 is 19.3 Å². The van der Waals surface area contributed by atoms with E-state index in [0.29, 0.717) is 40.2 Å². The summed E-state index contributed by atoms with van der Waals surface area (Å²) in [5, 5.41) is 6.85. The van der Waals surface area contributed by atoms with Crippen molar-refractivity contribution in [2.45, 2.75) is 19.4 Å². The normalized spacial score (nSPS) is 21.2. The van der Waals surface area contributed by atoms with Gasteiger partial charge in [-0.25, -0.2) is 4.99 Å². The molecule has 2 aromatic rings. The molecule has 0 amide bonds. The molecule has 1 unspecified atom stereocenters. The van der Waals surface area contributed by atoms with Gasteiger partial charge in [0.2, 0.25) is 23.3 Å². The van der Waals surface area contributed by atoms with Gasteiger partial charge in [0.25, 0.3) is 0 Å². The maximum absolute atomic E-state index is 13.7. The van der Waals surface area contributed by atoms with Crippen molar-refractivity contribution in [1.29, 1.82) is 0 Å². The highest BCUT2D eigenvalue weighted by Crippen LogP contribution is 2.36. The third kappa shape index (κ3) is 3.90. The molecule has 35 heavy (non-hydrogen) atoms. The van der Waals surface area contributed by atoms with Crippen LogP contribution in [0.1, 0.15) is 32.7 Å². The lowest BCUT2D eigenvalue weighted by atomic mass is 9.76. The first-order valence-electron chi connectivity index (χ1n) is 12.3. The number of fused-ring (bicyclic) bond motifs is 4. The summed E-state index contributed by atoms with van der Waals surface area (Å²) in [4.78, 5) is 33.3. The predicted molar refractivity (Wildman–Crippen MR) is 133 cm³/mol. The second kappa shape index (κ2) is 8.91. The van der Waals surface area contributed by atoms with E-state index in [1.165, 1.54) is 0 Å². The molecule has 0 bridgehead atoms. The lowest BCUT2D eigenvalue weighted by Crippen LogP contribution is -2.73. The van der Waals surface area contributed by atoms with Gasteiger partial charge in [-0.05, 0) is 37.6 Å². The average molecular weight is 470 g/mol. The van der Waals surface area contributed by atoms with Gasteiger partial charge in [0.1, 0.15) is 5.57 Å². The summed E-state index contributed by atoms with van der Waals surface area (Å²) >= 11 is 0. The molecule has 2 aromatic carbocycles. The molecule has 2 aliphatic heterocycles. The first kappa shape index (κ1) is 21.9. The highest BCUT2D eigenvalue weighted by molar-refractivity contribution is 6.39. The summed E-state index contributed by atoms with van der Waals surface area (Å²) in [6, 6.07) is 13.0. The van der Waals surface area contributed by atoms with E-state index in [9.17, 15) is 9.59 Å². The van der Waals surface area contributed by atoms with Crippen LogP contribution in [0.15, 0.2) is 65.4 Å². The number of nitrogens with one attached hydrogen (secondary N) is 3. The van der Waals surface area contributed by atoms with Crippen molar-refractivity contribution in [3.63, 3.8) is 0 Å². The molecule has 1 saturated heterocycles. The van der Waals surface area contributed by atoms with E-state index in [0.717, 1.165) is 56.1 Å². The van der Waals surface area contributed by atoms with Crippen molar-refractivity contribution in [3.8, 4) is 5.75 Å². The Hall–Kier alpha value is -3.55. The van der Waals surface area contributed by atoms with Crippen LogP contribution in [0.4, 0.5) is 5.69 Å². The Kier molecular flexibility index (Phi) is 5.59. The Labute approximate surface area is 204 Å². The molecule has 3 N–H and O–H groups in total. The minimum atomic E-state index is -0.471. The van der Waals surface area contributed by atoms with Crippen molar-refractivity contribution in [1.82, 2.24) is 15.5 Å². The predicted octanol–water partition coefficient (Wildman–Crippen LogP) is 1.07. The fourth-order valence-corrected chi connectivity index (χ4v) is 5.31. The highest BCUT2D eigenvalue weighted by atomic mass is 16.5. The van der Waals surface area contributed by atoms with Gasteiger partial charge in [0, 0.05) is 55.6 Å². The zero-order valence-electron chi connectivity index (χ0n) is 19.8. The number of piperazine rings is 1. The molecule has 0 spiro atoms. The van der Waals surface area contributed by atoms with E-state index in [1.807, 2.05) is 31.2 Å². The number of carbonyl (C=O) groups excluding carboxylic acids is 2. The molecule has 0 saturated carbocycles. The molecule has 0 aromatic heterocycles. The molecular weight excluding hydrogens is 440 g/mol. The smallest absolute Gasteiger partial charge is 0.246 e. The maximum atomic E-state index is 13.7. The van der Waals surface area contributed by atoms with E-state index in [-0.39, 0.29) is 11.6 Å². The largest absolute Gasteiger partial charge is 0.468 e. The zero-order valence-corrected chi connectivity index (χ0v) is 19.8. The fraction of sp³-hybridized carbons (Fsp3) is 0.321. The summed E-state index contributed by atoms with van der Waals surface area (Å²) in [5.41, 5.74) is 4.96. The first-order chi connectivity index (χ1) is 17.1. The molecule has 1 atom stereocenters. The standard InChI is InChI=1S/C28H28N4O3/c1-17-7-8-22-20(15-17)31-26-23(35-22)16-21(30-9-4-12-32-13-10-29-11-14-32)24-25(26)28(34)19-6-3-2-5-18(19)27(24)33/h2-3,5-8,15-16,23,29-30H,4,9-14H2,1H3/p+1. The van der Waals surface area contributed by atoms with Gasteiger partial charge in [0.05, 0.1) is 5.57 Å². The quantitative estimate of drug-likeness (QED) is 0.568. The van der Waals surface area contributed by atoms with Crippen molar-refractivity contribution in [3.05, 3.63) is 82.1 Å². The van der Waals surface area contributed by atoms with E-state index in [1.54, 1.807) is 24.3 Å². The molecule has 2 aliphatic carbocycles. The van der Waals surface area contributed by atoms with Crippen molar-refractivity contribution in [2.24, 2.45) is 0 Å².